The van der Waals surface area contributed by atoms with Crippen LogP contribution in [0.5, 0.6) is 0 Å². The van der Waals surface area contributed by atoms with E-state index < -0.39 is 0 Å². The lowest BCUT2D eigenvalue weighted by Crippen LogP contribution is -2.51. The first-order valence-electron chi connectivity index (χ1n) is 6.32. The molecule has 100 valence electrons. The number of rotatable bonds is 2. The number of carbonyl (C=O) groups excluding carboxylic acids is 1. The molecule has 1 amide bonds. The van der Waals surface area contributed by atoms with E-state index in [1.54, 1.807) is 0 Å². The van der Waals surface area contributed by atoms with Crippen LogP contribution >= 0.6 is 22.9 Å². The van der Waals surface area contributed by atoms with Crippen molar-refractivity contribution in [1.82, 2.24) is 4.90 Å². The molecule has 2 atom stereocenters. The summed E-state index contributed by atoms with van der Waals surface area (Å²) in [5.74, 6) is 0.0418. The summed E-state index contributed by atoms with van der Waals surface area (Å²) in [6.07, 6.45) is 3.19. The average Bonchev–Trinajstić information content (AvgIpc) is 2.69. The van der Waals surface area contributed by atoms with Crippen molar-refractivity contribution in [3.8, 4) is 0 Å². The van der Waals surface area contributed by atoms with Gasteiger partial charge in [0.05, 0.1) is 5.02 Å². The van der Waals surface area contributed by atoms with Crippen molar-refractivity contribution in [1.29, 1.82) is 0 Å². The molecule has 1 aromatic rings. The number of hydrogen-bond acceptors (Lipinski definition) is 3. The summed E-state index contributed by atoms with van der Waals surface area (Å²) in [7, 11) is 0. The minimum absolute atomic E-state index is 0.00841. The van der Waals surface area contributed by atoms with Gasteiger partial charge < -0.3 is 10.6 Å². The molecule has 5 heteroatoms. The Hall–Kier alpha value is -0.580. The molecule has 0 spiro atoms. The molecule has 2 unspecified atom stereocenters. The molecule has 0 aliphatic carbocycles. The number of aryl methyl sites for hydroxylation is 1. The van der Waals surface area contributed by atoms with Crippen LogP contribution in [0, 0.1) is 6.92 Å². The Labute approximate surface area is 117 Å². The van der Waals surface area contributed by atoms with Crippen LogP contribution in [0.4, 0.5) is 0 Å². The number of halogens is 1. The van der Waals surface area contributed by atoms with E-state index in [0.29, 0.717) is 9.90 Å². The van der Waals surface area contributed by atoms with Gasteiger partial charge in [-0.15, -0.1) is 11.3 Å². The quantitative estimate of drug-likeness (QED) is 0.908. The van der Waals surface area contributed by atoms with Crippen LogP contribution < -0.4 is 5.73 Å². The fraction of sp³-hybridized carbons (Fsp3) is 0.615. The van der Waals surface area contributed by atoms with Gasteiger partial charge in [-0.05, 0) is 44.1 Å². The molecular weight excluding hydrogens is 268 g/mol. The van der Waals surface area contributed by atoms with Crippen LogP contribution in [0.15, 0.2) is 5.38 Å². The van der Waals surface area contributed by atoms with E-state index in [-0.39, 0.29) is 18.0 Å². The first kappa shape index (κ1) is 13.8. The lowest BCUT2D eigenvalue weighted by molar-refractivity contribution is 0.0589. The molecule has 2 heterocycles. The van der Waals surface area contributed by atoms with Crippen molar-refractivity contribution in [2.24, 2.45) is 5.73 Å². The highest BCUT2D eigenvalue weighted by Gasteiger charge is 2.31. The predicted molar refractivity (Wildman–Crippen MR) is 76.4 cm³/mol. The number of carbonyl (C=O) groups is 1. The molecule has 2 N–H and O–H groups in total. The maximum atomic E-state index is 12.5. The van der Waals surface area contributed by atoms with Gasteiger partial charge in [0, 0.05) is 18.6 Å². The van der Waals surface area contributed by atoms with Crippen molar-refractivity contribution >= 4 is 28.8 Å². The summed E-state index contributed by atoms with van der Waals surface area (Å²) in [5, 5.41) is 2.53. The van der Waals surface area contributed by atoms with E-state index in [9.17, 15) is 4.79 Å². The maximum absolute atomic E-state index is 12.5. The second-order valence-electron chi connectivity index (χ2n) is 4.98. The van der Waals surface area contributed by atoms with Gasteiger partial charge >= 0.3 is 0 Å². The third-order valence-electron chi connectivity index (χ3n) is 3.51. The summed E-state index contributed by atoms with van der Waals surface area (Å²) in [6.45, 7) is 4.69. The van der Waals surface area contributed by atoms with Gasteiger partial charge in [-0.3, -0.25) is 4.79 Å². The van der Waals surface area contributed by atoms with Crippen LogP contribution in [-0.4, -0.2) is 29.4 Å². The van der Waals surface area contributed by atoms with Crippen molar-refractivity contribution in [3.05, 3.63) is 20.8 Å². The summed E-state index contributed by atoms with van der Waals surface area (Å²) in [5.41, 5.74) is 6.96. The van der Waals surface area contributed by atoms with Gasteiger partial charge in [-0.2, -0.15) is 0 Å². The molecule has 1 aliphatic rings. The topological polar surface area (TPSA) is 46.3 Å². The smallest absolute Gasteiger partial charge is 0.265 e. The van der Waals surface area contributed by atoms with Crippen LogP contribution in [0.3, 0.4) is 0 Å². The zero-order valence-corrected chi connectivity index (χ0v) is 12.4. The Bertz CT molecular complexity index is 444. The van der Waals surface area contributed by atoms with Crippen molar-refractivity contribution in [2.45, 2.75) is 45.2 Å². The number of hydrogen-bond donors (Lipinski definition) is 1. The third-order valence-corrected chi connectivity index (χ3v) is 5.20. The van der Waals surface area contributed by atoms with E-state index in [4.69, 9.17) is 17.3 Å². The molecule has 1 aliphatic heterocycles. The van der Waals surface area contributed by atoms with Crippen molar-refractivity contribution in [2.75, 3.05) is 6.54 Å². The molecule has 18 heavy (non-hydrogen) atoms. The molecule has 0 bridgehead atoms. The zero-order chi connectivity index (χ0) is 13.3. The fourth-order valence-electron chi connectivity index (χ4n) is 2.46. The molecule has 1 fully saturated rings. The molecular formula is C13H19ClN2OS. The Morgan fingerprint density at radius 1 is 1.61 bits per heavy atom. The Kier molecular flexibility index (Phi) is 4.30. The summed E-state index contributed by atoms with van der Waals surface area (Å²) in [6, 6.07) is 0.152. The largest absolute Gasteiger partial charge is 0.333 e. The summed E-state index contributed by atoms with van der Waals surface area (Å²) >= 11 is 7.61. The van der Waals surface area contributed by atoms with E-state index in [1.165, 1.54) is 11.3 Å². The molecule has 1 aromatic heterocycles. The molecule has 1 saturated heterocycles. The van der Waals surface area contributed by atoms with Crippen LogP contribution in [0.25, 0.3) is 0 Å². The normalized spacial score (nSPS) is 22.0. The number of piperidine rings is 1. The number of amides is 1. The van der Waals surface area contributed by atoms with Gasteiger partial charge in [-0.1, -0.05) is 11.6 Å². The molecule has 0 radical (unpaired) electrons. The first-order chi connectivity index (χ1) is 8.52. The lowest BCUT2D eigenvalue weighted by atomic mass is 9.97. The van der Waals surface area contributed by atoms with Crippen LogP contribution in [-0.2, 0) is 0 Å². The van der Waals surface area contributed by atoms with E-state index in [0.717, 1.165) is 31.4 Å². The lowest BCUT2D eigenvalue weighted by Gasteiger charge is -2.37. The Balaban J connectivity index is 2.23. The van der Waals surface area contributed by atoms with Gasteiger partial charge in [-0.25, -0.2) is 0 Å². The van der Waals surface area contributed by atoms with Gasteiger partial charge in [0.15, 0.2) is 0 Å². The monoisotopic (exact) mass is 286 g/mol. The molecule has 0 aromatic carbocycles. The minimum Gasteiger partial charge on any atom is -0.333 e. The molecule has 0 saturated carbocycles. The van der Waals surface area contributed by atoms with Gasteiger partial charge in [0.1, 0.15) is 4.88 Å². The van der Waals surface area contributed by atoms with Crippen LogP contribution in [0.2, 0.25) is 5.02 Å². The SMILES string of the molecule is Cc1csc(C(=O)N2CCCCC2C(C)N)c1Cl. The minimum atomic E-state index is 0.00841. The van der Waals surface area contributed by atoms with Gasteiger partial charge in [0.25, 0.3) is 5.91 Å². The van der Waals surface area contributed by atoms with Crippen molar-refractivity contribution in [3.63, 3.8) is 0 Å². The van der Waals surface area contributed by atoms with Crippen LogP contribution in [0.1, 0.15) is 41.4 Å². The summed E-state index contributed by atoms with van der Waals surface area (Å²) in [4.78, 5) is 15.1. The highest BCUT2D eigenvalue weighted by molar-refractivity contribution is 7.13. The maximum Gasteiger partial charge on any atom is 0.265 e. The average molecular weight is 287 g/mol. The number of likely N-dealkylation sites (tertiary alicyclic amines) is 1. The van der Waals surface area contributed by atoms with Gasteiger partial charge in [0.2, 0.25) is 0 Å². The van der Waals surface area contributed by atoms with E-state index >= 15 is 0 Å². The second kappa shape index (κ2) is 5.59. The third kappa shape index (κ3) is 2.56. The van der Waals surface area contributed by atoms with Crippen molar-refractivity contribution < 1.29 is 4.79 Å². The standard InChI is InChI=1S/C13H19ClN2OS/c1-8-7-18-12(11(8)14)13(17)16-6-4-3-5-10(16)9(2)15/h7,9-10H,3-6,15H2,1-2H3. The fourth-order valence-corrected chi connectivity index (χ4v) is 3.69. The second-order valence-corrected chi connectivity index (χ2v) is 6.24. The first-order valence-corrected chi connectivity index (χ1v) is 7.58. The highest BCUT2D eigenvalue weighted by atomic mass is 35.5. The summed E-state index contributed by atoms with van der Waals surface area (Å²) < 4.78 is 0. The Morgan fingerprint density at radius 2 is 2.33 bits per heavy atom. The predicted octanol–water partition coefficient (Wildman–Crippen LogP) is 3.05. The Morgan fingerprint density at radius 3 is 2.89 bits per heavy atom. The van der Waals surface area contributed by atoms with E-state index in [1.807, 2.05) is 24.1 Å². The number of nitrogens with zero attached hydrogens (tertiary/aromatic N) is 1. The highest BCUT2D eigenvalue weighted by Crippen LogP contribution is 2.30. The molecule has 2 rings (SSSR count). The zero-order valence-electron chi connectivity index (χ0n) is 10.8. The van der Waals surface area contributed by atoms with E-state index in [2.05, 4.69) is 0 Å². The number of thiophene rings is 1. The molecule has 3 nitrogen and oxygen atoms in total. The number of nitrogens with two attached hydrogens (primary N) is 1.